The minimum Gasteiger partial charge on any atom is -0.324 e. The summed E-state index contributed by atoms with van der Waals surface area (Å²) in [7, 11) is 0. The highest BCUT2D eigenvalue weighted by molar-refractivity contribution is 6.04. The van der Waals surface area contributed by atoms with Crippen LogP contribution in [-0.2, 0) is 13.0 Å². The van der Waals surface area contributed by atoms with Gasteiger partial charge in [0, 0.05) is 36.6 Å². The highest BCUT2D eigenvalue weighted by Crippen LogP contribution is 2.21. The van der Waals surface area contributed by atoms with Crippen molar-refractivity contribution >= 4 is 11.7 Å². The van der Waals surface area contributed by atoms with E-state index in [-0.39, 0.29) is 5.91 Å². The van der Waals surface area contributed by atoms with Gasteiger partial charge in [-0.25, -0.2) is 4.98 Å². The van der Waals surface area contributed by atoms with Crippen LogP contribution in [0.25, 0.3) is 5.69 Å². The topological polar surface area (TPSA) is 51.9 Å². The van der Waals surface area contributed by atoms with E-state index < -0.39 is 0 Å². The molecule has 122 valence electrons. The normalized spacial score (nSPS) is 13.5. The fourth-order valence-corrected chi connectivity index (χ4v) is 3.23. The molecule has 1 aliphatic rings. The molecule has 0 radical (unpaired) electrons. The van der Waals surface area contributed by atoms with Crippen LogP contribution in [0.4, 0.5) is 5.82 Å². The van der Waals surface area contributed by atoms with Crippen LogP contribution in [0, 0.1) is 6.92 Å². The van der Waals surface area contributed by atoms with Gasteiger partial charge in [-0.1, -0.05) is 6.07 Å². The third-order valence-corrected chi connectivity index (χ3v) is 4.57. The van der Waals surface area contributed by atoms with Crippen molar-refractivity contribution in [2.75, 3.05) is 5.32 Å². The molecule has 2 aromatic heterocycles. The Kier molecular flexibility index (Phi) is 3.69. The van der Waals surface area contributed by atoms with Gasteiger partial charge >= 0.3 is 0 Å². The molecule has 1 aromatic carbocycles. The Morgan fingerprint density at radius 1 is 1.21 bits per heavy atom. The number of benzene rings is 1. The number of hydrogen-bond acceptors (Lipinski definition) is 2. The van der Waals surface area contributed by atoms with E-state index in [4.69, 9.17) is 0 Å². The number of fused-ring (bicyclic) bond motifs is 1. The number of nitrogens with zero attached hydrogens (tertiary/aromatic N) is 3. The number of aryl methyl sites for hydroxylation is 2. The molecule has 0 atom stereocenters. The molecular formula is C19H20N4O. The van der Waals surface area contributed by atoms with E-state index in [2.05, 4.69) is 14.9 Å². The summed E-state index contributed by atoms with van der Waals surface area (Å²) >= 11 is 0. The predicted molar refractivity (Wildman–Crippen MR) is 93.6 cm³/mol. The molecule has 0 saturated carbocycles. The van der Waals surface area contributed by atoms with E-state index in [0.717, 1.165) is 42.3 Å². The molecule has 3 heterocycles. The fraction of sp³-hybridized carbons (Fsp3) is 0.263. The van der Waals surface area contributed by atoms with Crippen molar-refractivity contribution < 1.29 is 4.79 Å². The maximum Gasteiger partial charge on any atom is 0.256 e. The Labute approximate surface area is 140 Å². The zero-order valence-electron chi connectivity index (χ0n) is 13.7. The third kappa shape index (κ3) is 2.62. The van der Waals surface area contributed by atoms with Crippen molar-refractivity contribution in [3.8, 4) is 5.69 Å². The van der Waals surface area contributed by atoms with Crippen LogP contribution in [0.2, 0.25) is 0 Å². The van der Waals surface area contributed by atoms with Gasteiger partial charge in [-0.15, -0.1) is 0 Å². The predicted octanol–water partition coefficient (Wildman–Crippen LogP) is 3.57. The highest BCUT2D eigenvalue weighted by Gasteiger charge is 2.16. The SMILES string of the molecule is Cc1ccc(C(=O)Nc2cnc3n2CCCC3)cc1-n1cccc1. The Morgan fingerprint density at radius 3 is 2.88 bits per heavy atom. The maximum absolute atomic E-state index is 12.7. The molecule has 4 rings (SSSR count). The van der Waals surface area contributed by atoms with Crippen LogP contribution in [0.1, 0.15) is 34.6 Å². The second-order valence-corrected chi connectivity index (χ2v) is 6.21. The van der Waals surface area contributed by atoms with Gasteiger partial charge in [-0.2, -0.15) is 0 Å². The van der Waals surface area contributed by atoms with E-state index in [1.807, 2.05) is 54.2 Å². The average molecular weight is 320 g/mol. The van der Waals surface area contributed by atoms with Gasteiger partial charge in [0.25, 0.3) is 5.91 Å². The number of nitrogens with one attached hydrogen (secondary N) is 1. The summed E-state index contributed by atoms with van der Waals surface area (Å²) in [6.45, 7) is 2.97. The first-order valence-electron chi connectivity index (χ1n) is 8.32. The Morgan fingerprint density at radius 2 is 2.04 bits per heavy atom. The monoisotopic (exact) mass is 320 g/mol. The lowest BCUT2D eigenvalue weighted by Gasteiger charge is -2.17. The second kappa shape index (κ2) is 6.00. The number of carbonyl (C=O) groups excluding carboxylic acids is 1. The van der Waals surface area contributed by atoms with Crippen molar-refractivity contribution in [2.45, 2.75) is 32.7 Å². The molecule has 0 fully saturated rings. The molecule has 0 spiro atoms. The van der Waals surface area contributed by atoms with Crippen LogP contribution < -0.4 is 5.32 Å². The van der Waals surface area contributed by atoms with E-state index in [0.29, 0.717) is 5.56 Å². The lowest BCUT2D eigenvalue weighted by Crippen LogP contribution is -2.18. The Balaban J connectivity index is 1.61. The molecule has 3 aromatic rings. The number of imidazole rings is 1. The zero-order valence-corrected chi connectivity index (χ0v) is 13.7. The summed E-state index contributed by atoms with van der Waals surface area (Å²) in [4.78, 5) is 17.1. The highest BCUT2D eigenvalue weighted by atomic mass is 16.1. The van der Waals surface area contributed by atoms with E-state index in [9.17, 15) is 4.79 Å². The Bertz CT molecular complexity index is 877. The number of carbonyl (C=O) groups is 1. The summed E-state index contributed by atoms with van der Waals surface area (Å²) < 4.78 is 4.13. The lowest BCUT2D eigenvalue weighted by molar-refractivity contribution is 0.102. The van der Waals surface area contributed by atoms with Gasteiger partial charge in [0.05, 0.1) is 6.20 Å². The molecule has 5 nitrogen and oxygen atoms in total. The van der Waals surface area contributed by atoms with E-state index in [1.54, 1.807) is 6.20 Å². The first kappa shape index (κ1) is 14.8. The van der Waals surface area contributed by atoms with Crippen molar-refractivity contribution in [1.29, 1.82) is 0 Å². The molecule has 0 aliphatic carbocycles. The summed E-state index contributed by atoms with van der Waals surface area (Å²) in [6.07, 6.45) is 9.02. The van der Waals surface area contributed by atoms with Crippen LogP contribution >= 0.6 is 0 Å². The summed E-state index contributed by atoms with van der Waals surface area (Å²) in [6, 6.07) is 9.73. The van der Waals surface area contributed by atoms with Gasteiger partial charge in [-0.3, -0.25) is 4.79 Å². The zero-order chi connectivity index (χ0) is 16.5. The van der Waals surface area contributed by atoms with Crippen molar-refractivity contribution in [2.24, 2.45) is 0 Å². The van der Waals surface area contributed by atoms with Crippen molar-refractivity contribution in [3.63, 3.8) is 0 Å². The molecule has 1 amide bonds. The second-order valence-electron chi connectivity index (χ2n) is 6.21. The quantitative estimate of drug-likeness (QED) is 0.802. The lowest BCUT2D eigenvalue weighted by atomic mass is 10.1. The fourth-order valence-electron chi connectivity index (χ4n) is 3.23. The number of amides is 1. The molecule has 5 heteroatoms. The van der Waals surface area contributed by atoms with Gasteiger partial charge in [-0.05, 0) is 49.6 Å². The number of rotatable bonds is 3. The van der Waals surface area contributed by atoms with E-state index >= 15 is 0 Å². The van der Waals surface area contributed by atoms with Gasteiger partial charge < -0.3 is 14.5 Å². The van der Waals surface area contributed by atoms with Crippen molar-refractivity contribution in [3.05, 3.63) is 65.9 Å². The molecule has 0 bridgehead atoms. The number of hydrogen-bond donors (Lipinski definition) is 1. The smallest absolute Gasteiger partial charge is 0.256 e. The minimum absolute atomic E-state index is 0.100. The molecular weight excluding hydrogens is 300 g/mol. The first-order chi connectivity index (χ1) is 11.7. The molecule has 0 saturated heterocycles. The number of anilines is 1. The largest absolute Gasteiger partial charge is 0.324 e. The first-order valence-corrected chi connectivity index (χ1v) is 8.32. The Hall–Kier alpha value is -2.82. The van der Waals surface area contributed by atoms with Crippen LogP contribution in [-0.4, -0.2) is 20.0 Å². The van der Waals surface area contributed by atoms with Crippen molar-refractivity contribution in [1.82, 2.24) is 14.1 Å². The molecule has 1 aliphatic heterocycles. The van der Waals surface area contributed by atoms with Gasteiger partial charge in [0.2, 0.25) is 0 Å². The molecule has 0 unspecified atom stereocenters. The summed E-state index contributed by atoms with van der Waals surface area (Å²) in [5, 5.41) is 3.01. The van der Waals surface area contributed by atoms with Crippen LogP contribution in [0.3, 0.4) is 0 Å². The van der Waals surface area contributed by atoms with Gasteiger partial charge in [0.1, 0.15) is 11.6 Å². The van der Waals surface area contributed by atoms with Crippen LogP contribution in [0.15, 0.2) is 48.9 Å². The van der Waals surface area contributed by atoms with E-state index in [1.165, 1.54) is 6.42 Å². The average Bonchev–Trinajstić information content (AvgIpc) is 3.26. The van der Waals surface area contributed by atoms with Crippen LogP contribution in [0.5, 0.6) is 0 Å². The maximum atomic E-state index is 12.7. The standard InChI is InChI=1S/C19H20N4O/c1-14-7-8-15(12-16(14)22-9-4-5-10-22)19(24)21-18-13-20-17-6-2-3-11-23(17)18/h4-5,7-10,12-13H,2-3,6,11H2,1H3,(H,21,24). The molecule has 24 heavy (non-hydrogen) atoms. The van der Waals surface area contributed by atoms with Gasteiger partial charge in [0.15, 0.2) is 0 Å². The summed E-state index contributed by atoms with van der Waals surface area (Å²) in [5.41, 5.74) is 2.79. The third-order valence-electron chi connectivity index (χ3n) is 4.57. The molecule has 1 N–H and O–H groups in total. The minimum atomic E-state index is -0.100. The summed E-state index contributed by atoms with van der Waals surface area (Å²) in [5.74, 6) is 1.75. The number of aromatic nitrogens is 3.